The fourth-order valence-electron chi connectivity index (χ4n) is 1.48. The third-order valence-electron chi connectivity index (χ3n) is 2.36. The number of hydrogen-bond donors (Lipinski definition) is 1. The molecule has 1 aromatic carbocycles. The van der Waals surface area contributed by atoms with Crippen molar-refractivity contribution in [3.8, 4) is 5.75 Å². The van der Waals surface area contributed by atoms with E-state index in [1.807, 2.05) is 30.3 Å². The number of halogens is 3. The molecule has 2 rings (SSSR count). The Labute approximate surface area is 138 Å². The molecule has 1 N–H and O–H groups in total. The van der Waals surface area contributed by atoms with Gasteiger partial charge in [0.15, 0.2) is 0 Å². The van der Waals surface area contributed by atoms with Crippen molar-refractivity contribution in [2.24, 2.45) is 0 Å². The predicted molar refractivity (Wildman–Crippen MR) is 88.4 cm³/mol. The topological polar surface area (TPSA) is 21.3 Å². The molecule has 0 radical (unpaired) electrons. The second-order valence-electron chi connectivity index (χ2n) is 3.81. The Bertz CT molecular complexity index is 547. The molecule has 1 heterocycles. The summed E-state index contributed by atoms with van der Waals surface area (Å²) < 4.78 is 8.49. The molecule has 0 aliphatic heterocycles. The highest BCUT2D eigenvalue weighted by Crippen LogP contribution is 2.28. The van der Waals surface area contributed by atoms with Gasteiger partial charge < -0.3 is 10.1 Å². The van der Waals surface area contributed by atoms with Crippen LogP contribution in [0.3, 0.4) is 0 Å². The van der Waals surface area contributed by atoms with E-state index in [2.05, 4.69) is 37.2 Å². The maximum Gasteiger partial charge on any atom is 0.133 e. The summed E-state index contributed by atoms with van der Waals surface area (Å²) in [7, 11) is 0. The number of nitrogens with one attached hydrogen (secondary N) is 1. The van der Waals surface area contributed by atoms with Crippen LogP contribution in [0.1, 0.15) is 4.88 Å². The van der Waals surface area contributed by atoms with Crippen LogP contribution in [0.25, 0.3) is 0 Å². The van der Waals surface area contributed by atoms with E-state index in [1.54, 1.807) is 11.3 Å². The van der Waals surface area contributed by atoms with Gasteiger partial charge in [0, 0.05) is 22.4 Å². The molecule has 102 valence electrons. The predicted octanol–water partition coefficient (Wildman–Crippen LogP) is 5.10. The molecule has 2 nitrogen and oxygen atoms in total. The lowest BCUT2D eigenvalue weighted by Gasteiger charge is -2.09. The summed E-state index contributed by atoms with van der Waals surface area (Å²) in [4.78, 5) is 1.23. The van der Waals surface area contributed by atoms with Crippen LogP contribution < -0.4 is 10.1 Å². The summed E-state index contributed by atoms with van der Waals surface area (Å²) in [5, 5.41) is 3.32. The van der Waals surface area contributed by atoms with E-state index in [9.17, 15) is 0 Å². The lowest BCUT2D eigenvalue weighted by Crippen LogP contribution is -2.20. The third kappa shape index (κ3) is 5.08. The molecule has 0 saturated carbocycles. The van der Waals surface area contributed by atoms with Crippen LogP contribution >= 0.6 is 54.8 Å². The molecule has 0 spiro atoms. The van der Waals surface area contributed by atoms with Gasteiger partial charge in [-0.2, -0.15) is 0 Å². The Balaban J connectivity index is 1.69. The minimum atomic E-state index is 0.624. The SMILES string of the molecule is Clc1ccc(CNCCOc2ccc(Br)cc2Br)s1. The first-order valence-corrected chi connectivity index (χ1v) is 8.46. The van der Waals surface area contributed by atoms with Crippen LogP contribution in [0.4, 0.5) is 0 Å². The number of benzene rings is 1. The third-order valence-corrected chi connectivity index (χ3v) is 4.70. The van der Waals surface area contributed by atoms with Crippen LogP contribution in [0.2, 0.25) is 4.34 Å². The van der Waals surface area contributed by atoms with Crippen molar-refractivity contribution in [3.05, 3.63) is 48.5 Å². The van der Waals surface area contributed by atoms with Crippen molar-refractivity contribution >= 4 is 54.8 Å². The molecule has 2 aromatic rings. The molecule has 0 amide bonds. The Hall–Kier alpha value is -0.0700. The molecule has 6 heteroatoms. The number of thiophene rings is 1. The van der Waals surface area contributed by atoms with Gasteiger partial charge in [0.05, 0.1) is 8.81 Å². The van der Waals surface area contributed by atoms with Crippen molar-refractivity contribution < 1.29 is 4.74 Å². The number of hydrogen-bond acceptors (Lipinski definition) is 3. The van der Waals surface area contributed by atoms with Gasteiger partial charge >= 0.3 is 0 Å². The number of rotatable bonds is 6. The lowest BCUT2D eigenvalue weighted by molar-refractivity contribution is 0.312. The largest absolute Gasteiger partial charge is 0.491 e. The van der Waals surface area contributed by atoms with Gasteiger partial charge in [0.1, 0.15) is 12.4 Å². The molecule has 0 saturated heterocycles. The quantitative estimate of drug-likeness (QED) is 0.651. The Morgan fingerprint density at radius 3 is 2.74 bits per heavy atom. The lowest BCUT2D eigenvalue weighted by atomic mass is 10.3. The molecule has 0 aliphatic rings. The fourth-order valence-corrected chi connectivity index (χ4v) is 3.70. The molecular formula is C13H12Br2ClNOS. The van der Waals surface area contributed by atoms with Crippen molar-refractivity contribution in [1.82, 2.24) is 5.32 Å². The first-order chi connectivity index (χ1) is 9.15. The van der Waals surface area contributed by atoms with E-state index < -0.39 is 0 Å². The van der Waals surface area contributed by atoms with E-state index in [-0.39, 0.29) is 0 Å². The van der Waals surface area contributed by atoms with Gasteiger partial charge in [-0.25, -0.2) is 0 Å². The second-order valence-corrected chi connectivity index (χ2v) is 7.38. The van der Waals surface area contributed by atoms with Gasteiger partial charge in [-0.05, 0) is 46.3 Å². The van der Waals surface area contributed by atoms with E-state index in [0.717, 1.165) is 32.1 Å². The molecular weight excluding hydrogens is 413 g/mol. The van der Waals surface area contributed by atoms with Crippen molar-refractivity contribution in [2.45, 2.75) is 6.54 Å². The maximum absolute atomic E-state index is 5.87. The number of ether oxygens (including phenoxy) is 1. The first kappa shape index (κ1) is 15.3. The van der Waals surface area contributed by atoms with Crippen LogP contribution in [0.15, 0.2) is 39.3 Å². The summed E-state index contributed by atoms with van der Waals surface area (Å²) in [6.07, 6.45) is 0. The monoisotopic (exact) mass is 423 g/mol. The fraction of sp³-hybridized carbons (Fsp3) is 0.231. The van der Waals surface area contributed by atoms with Gasteiger partial charge in [-0.1, -0.05) is 27.5 Å². The summed E-state index contributed by atoms with van der Waals surface area (Å²) in [5.74, 6) is 0.851. The second kappa shape index (κ2) is 7.64. The zero-order valence-corrected chi connectivity index (χ0v) is 14.7. The average molecular weight is 426 g/mol. The Morgan fingerprint density at radius 2 is 2.05 bits per heavy atom. The van der Waals surface area contributed by atoms with Crippen LogP contribution in [0, 0.1) is 0 Å². The van der Waals surface area contributed by atoms with E-state index >= 15 is 0 Å². The zero-order chi connectivity index (χ0) is 13.7. The highest BCUT2D eigenvalue weighted by atomic mass is 79.9. The molecule has 0 aliphatic carbocycles. The van der Waals surface area contributed by atoms with Gasteiger partial charge in [0.25, 0.3) is 0 Å². The van der Waals surface area contributed by atoms with Crippen LogP contribution in [-0.2, 0) is 6.54 Å². The Morgan fingerprint density at radius 1 is 1.21 bits per heavy atom. The van der Waals surface area contributed by atoms with Crippen molar-refractivity contribution in [2.75, 3.05) is 13.2 Å². The average Bonchev–Trinajstić information content (AvgIpc) is 2.77. The Kier molecular flexibility index (Phi) is 6.16. The summed E-state index contributed by atoms with van der Waals surface area (Å²) in [6.45, 7) is 2.24. The molecule has 1 aromatic heterocycles. The van der Waals surface area contributed by atoms with Gasteiger partial charge in [0.2, 0.25) is 0 Å². The van der Waals surface area contributed by atoms with E-state index in [0.29, 0.717) is 6.61 Å². The minimum absolute atomic E-state index is 0.624. The summed E-state index contributed by atoms with van der Waals surface area (Å²) in [6, 6.07) is 9.82. The van der Waals surface area contributed by atoms with Crippen molar-refractivity contribution in [3.63, 3.8) is 0 Å². The van der Waals surface area contributed by atoms with Crippen molar-refractivity contribution in [1.29, 1.82) is 0 Å². The van der Waals surface area contributed by atoms with E-state index in [4.69, 9.17) is 16.3 Å². The zero-order valence-electron chi connectivity index (χ0n) is 9.96. The minimum Gasteiger partial charge on any atom is -0.491 e. The smallest absolute Gasteiger partial charge is 0.133 e. The first-order valence-electron chi connectivity index (χ1n) is 5.68. The molecule has 0 unspecified atom stereocenters. The standard InChI is InChI=1S/C13H12Br2ClNOS/c14-9-1-3-12(11(15)7-9)18-6-5-17-8-10-2-4-13(16)19-10/h1-4,7,17H,5-6,8H2. The van der Waals surface area contributed by atoms with Crippen LogP contribution in [-0.4, -0.2) is 13.2 Å². The molecule has 0 bridgehead atoms. The molecule has 0 atom stereocenters. The normalized spacial score (nSPS) is 10.7. The molecule has 0 fully saturated rings. The summed E-state index contributed by atoms with van der Waals surface area (Å²) in [5.41, 5.74) is 0. The summed E-state index contributed by atoms with van der Waals surface area (Å²) >= 11 is 14.3. The van der Waals surface area contributed by atoms with Crippen LogP contribution in [0.5, 0.6) is 5.75 Å². The van der Waals surface area contributed by atoms with E-state index in [1.165, 1.54) is 4.88 Å². The molecule has 19 heavy (non-hydrogen) atoms. The maximum atomic E-state index is 5.87. The highest BCUT2D eigenvalue weighted by Gasteiger charge is 2.01. The van der Waals surface area contributed by atoms with Gasteiger partial charge in [-0.15, -0.1) is 11.3 Å². The van der Waals surface area contributed by atoms with Gasteiger partial charge in [-0.3, -0.25) is 0 Å². The highest BCUT2D eigenvalue weighted by molar-refractivity contribution is 9.11.